The van der Waals surface area contributed by atoms with Gasteiger partial charge in [0.15, 0.2) is 0 Å². The van der Waals surface area contributed by atoms with E-state index in [1.165, 1.54) is 31.4 Å². The van der Waals surface area contributed by atoms with E-state index in [9.17, 15) is 47.9 Å². The number of methoxy groups -OCH3 is 1. The van der Waals surface area contributed by atoms with Crippen LogP contribution in [-0.4, -0.2) is 150 Å². The summed E-state index contributed by atoms with van der Waals surface area (Å²) >= 11 is 0. The summed E-state index contributed by atoms with van der Waals surface area (Å²) in [5, 5.41) is 30.3. The monoisotopic (exact) mass is 1310 g/mol. The molecule has 11 amide bonds. The lowest BCUT2D eigenvalue weighted by Gasteiger charge is -2.25. The fourth-order valence-corrected chi connectivity index (χ4v) is 9.96. The number of nitrogens with two attached hydrogens (primary N) is 4. The molecular weight excluding hydrogens is 1230 g/mol. The van der Waals surface area contributed by atoms with Crippen molar-refractivity contribution in [3.05, 3.63) is 112 Å². The van der Waals surface area contributed by atoms with E-state index < -0.39 is 65.6 Å². The first kappa shape index (κ1) is 71.1. The van der Waals surface area contributed by atoms with Crippen LogP contribution in [0.25, 0.3) is 22.1 Å². The summed E-state index contributed by atoms with van der Waals surface area (Å²) < 4.78 is 23.8. The third kappa shape index (κ3) is 19.1. The number of ether oxygens (including phenoxy) is 3. The van der Waals surface area contributed by atoms with Crippen molar-refractivity contribution in [2.45, 2.75) is 112 Å². The van der Waals surface area contributed by atoms with Gasteiger partial charge in [-0.1, -0.05) is 38.1 Å². The lowest BCUT2D eigenvalue weighted by atomic mass is 10.0. The highest BCUT2D eigenvalue weighted by Gasteiger charge is 2.30. The first-order valence-corrected chi connectivity index (χ1v) is 30.5. The van der Waals surface area contributed by atoms with Crippen molar-refractivity contribution in [1.29, 1.82) is 0 Å². The molecule has 2 atom stereocenters. The minimum absolute atomic E-state index is 0.0143. The van der Waals surface area contributed by atoms with Crippen LogP contribution in [0.2, 0.25) is 0 Å². The second-order valence-corrected chi connectivity index (χ2v) is 22.0. The first-order chi connectivity index (χ1) is 45.4. The van der Waals surface area contributed by atoms with E-state index in [0.29, 0.717) is 58.0 Å². The van der Waals surface area contributed by atoms with E-state index in [2.05, 4.69) is 57.7 Å². The molecule has 0 bridgehead atoms. The summed E-state index contributed by atoms with van der Waals surface area (Å²) in [6.45, 7) is 11.4. The van der Waals surface area contributed by atoms with Crippen molar-refractivity contribution in [1.82, 2.24) is 65.2 Å². The Labute approximate surface area is 545 Å². The van der Waals surface area contributed by atoms with Crippen molar-refractivity contribution in [3.8, 4) is 11.5 Å². The fraction of sp³-hybridized carbons (Fsp3) is 0.387. The molecule has 0 radical (unpaired) electrons. The van der Waals surface area contributed by atoms with Gasteiger partial charge in [-0.3, -0.25) is 58.4 Å². The quantitative estimate of drug-likeness (QED) is 0.0204. The number of alkyl carbamates (subject to hydrolysis) is 1. The molecule has 0 fully saturated rings. The number of allylic oxidation sites excluding steroid dienone is 2. The van der Waals surface area contributed by atoms with Crippen LogP contribution < -0.4 is 74.9 Å². The largest absolute Gasteiger partial charge is 0.494 e. The molecule has 1 unspecified atom stereocenters. The number of primary amides is 3. The summed E-state index contributed by atoms with van der Waals surface area (Å²) in [4.78, 5) is 138. The summed E-state index contributed by atoms with van der Waals surface area (Å²) in [6.07, 6.45) is 3.32. The number of benzene rings is 3. The molecular formula is C62H80N20O13. The van der Waals surface area contributed by atoms with Gasteiger partial charge in [-0.2, -0.15) is 10.2 Å². The van der Waals surface area contributed by atoms with Crippen LogP contribution in [0.4, 0.5) is 27.2 Å². The van der Waals surface area contributed by atoms with Gasteiger partial charge in [0.1, 0.15) is 52.6 Å². The number of imidazole rings is 2. The van der Waals surface area contributed by atoms with Crippen molar-refractivity contribution in [2.24, 2.45) is 28.9 Å². The molecule has 0 saturated heterocycles. The molecule has 95 heavy (non-hydrogen) atoms. The average molecular weight is 1310 g/mol. The molecule has 33 heteroatoms. The molecule has 0 aliphatic carbocycles. The van der Waals surface area contributed by atoms with E-state index >= 15 is 0 Å². The van der Waals surface area contributed by atoms with Crippen LogP contribution in [0.5, 0.6) is 11.5 Å². The maximum atomic E-state index is 14.0. The maximum absolute atomic E-state index is 14.0. The zero-order valence-electron chi connectivity index (χ0n) is 53.8. The van der Waals surface area contributed by atoms with E-state index in [0.717, 1.165) is 0 Å². The number of hydrogen-bond acceptors (Lipinski definition) is 18. The van der Waals surface area contributed by atoms with Crippen molar-refractivity contribution in [2.75, 3.05) is 55.8 Å². The Balaban J connectivity index is 0.975. The normalized spacial score (nSPS) is 11.8. The third-order valence-electron chi connectivity index (χ3n) is 14.6. The minimum atomic E-state index is -1.07. The molecule has 0 saturated carbocycles. The van der Waals surface area contributed by atoms with Gasteiger partial charge in [0.25, 0.3) is 11.8 Å². The van der Waals surface area contributed by atoms with E-state index in [1.807, 2.05) is 13.8 Å². The van der Waals surface area contributed by atoms with Gasteiger partial charge in [0.05, 0.1) is 42.7 Å². The highest BCUT2D eigenvalue weighted by Crippen LogP contribution is 2.33. The molecule has 4 aromatic heterocycles. The third-order valence-corrected chi connectivity index (χ3v) is 14.6. The van der Waals surface area contributed by atoms with Gasteiger partial charge in [-0.15, -0.1) is 0 Å². The second-order valence-electron chi connectivity index (χ2n) is 22.0. The zero-order valence-corrected chi connectivity index (χ0v) is 53.8. The number of urea groups is 1. The van der Waals surface area contributed by atoms with Crippen LogP contribution >= 0.6 is 0 Å². The summed E-state index contributed by atoms with van der Waals surface area (Å²) in [7, 11) is 1.42. The number of fused-ring (bicyclic) bond motifs is 2. The Morgan fingerprint density at radius 1 is 0.632 bits per heavy atom. The van der Waals surface area contributed by atoms with E-state index in [1.54, 1.807) is 94.7 Å². The topological polar surface area (TPSA) is 470 Å². The van der Waals surface area contributed by atoms with Crippen LogP contribution in [0.15, 0.2) is 72.8 Å². The van der Waals surface area contributed by atoms with Crippen molar-refractivity contribution in [3.63, 3.8) is 0 Å². The Bertz CT molecular complexity index is 4010. The molecule has 0 spiro atoms. The number of aromatic nitrogens is 8. The van der Waals surface area contributed by atoms with Gasteiger partial charge in [-0.25, -0.2) is 19.6 Å². The number of carbonyl (C=O) groups excluding carboxylic acids is 10. The summed E-state index contributed by atoms with van der Waals surface area (Å²) in [5.41, 5.74) is 26.4. The summed E-state index contributed by atoms with van der Waals surface area (Å²) in [5.74, 6) is -4.33. The SMILES string of the molecule is CCn1nc(C)cc1C(=O)Nc1nc2cc(C(N)=O)cc(OC)c2n1C/C=C/Cn1c(NC(=O)c2cc(C)nn2CC)nc2cc(C(N)=O)cc(OCCCNC(=O)CCNC(=O)OCc3ccc(NC(=O)[C@H](CCCNC(N)=O)NC(=O)C(NC(=O)CN)C(C)C)cc3)c21. The Hall–Kier alpha value is -11.4. The molecule has 0 aliphatic heterocycles. The lowest BCUT2D eigenvalue weighted by molar-refractivity contribution is -0.131. The number of anilines is 3. The molecule has 3 aromatic carbocycles. The second kappa shape index (κ2) is 33.3. The molecule has 7 aromatic rings. The van der Waals surface area contributed by atoms with Gasteiger partial charge >= 0.3 is 12.1 Å². The van der Waals surface area contributed by atoms with E-state index in [4.69, 9.17) is 42.1 Å². The van der Waals surface area contributed by atoms with E-state index in [-0.39, 0.29) is 136 Å². The number of rotatable bonds is 34. The molecule has 4 heterocycles. The number of aryl methyl sites for hydroxylation is 4. The fourth-order valence-electron chi connectivity index (χ4n) is 9.96. The van der Waals surface area contributed by atoms with Crippen LogP contribution in [0, 0.1) is 19.8 Å². The van der Waals surface area contributed by atoms with Gasteiger partial charge in [0.2, 0.25) is 47.3 Å². The smallest absolute Gasteiger partial charge is 0.407 e. The number of carbonyl (C=O) groups is 10. The molecule has 506 valence electrons. The number of nitrogens with one attached hydrogen (secondary N) is 8. The Morgan fingerprint density at radius 2 is 1.18 bits per heavy atom. The molecule has 7 rings (SSSR count). The molecule has 33 nitrogen and oxygen atoms in total. The molecule has 16 N–H and O–H groups in total. The predicted molar refractivity (Wildman–Crippen MR) is 349 cm³/mol. The summed E-state index contributed by atoms with van der Waals surface area (Å²) in [6, 6.07) is 12.8. The highest BCUT2D eigenvalue weighted by atomic mass is 16.5. The Kier molecular flexibility index (Phi) is 24.9. The zero-order chi connectivity index (χ0) is 69.0. The highest BCUT2D eigenvalue weighted by molar-refractivity contribution is 6.06. The number of nitrogens with zero attached hydrogens (tertiary/aromatic N) is 8. The van der Waals surface area contributed by atoms with Gasteiger partial charge in [0, 0.05) is 69.0 Å². The number of amides is 11. The molecule has 0 aliphatic rings. The first-order valence-electron chi connectivity index (χ1n) is 30.5. The van der Waals surface area contributed by atoms with Crippen LogP contribution in [0.1, 0.15) is 112 Å². The lowest BCUT2D eigenvalue weighted by Crippen LogP contribution is -2.55. The standard InChI is InChI=1S/C62H80N20O13/c1-8-81-44(26-35(5)77-81)56(88)75-60-72-42-28-38(53(64)85)30-46(93-7)51(42)79(60)23-10-11-24-80-52-43(73-61(80)76-57(89)45-27-36(6)78-82(45)9-2)29-39(54(65)86)31-47(52)94-25-13-21-67-48(83)19-22-69-62(92)95-33-37-15-17-40(18-16-37)70-55(87)41(14-12-20-68-59(66)91)71-58(90)50(34(3)4)74-49(84)32-63/h10-11,15-18,26-31,34,41,50H,8-9,12-14,19-25,32-33,63H2,1-7H3,(H2,64,85)(H2,65,86)(H,67,83)(H,69,92)(H,70,87)(H,71,90)(H,74,84)(H3,66,68,91)(H,72,75,88)(H,73,76,89)/b11-10+/t41-,50?/m0/s1. The number of hydrogen-bond donors (Lipinski definition) is 12. The maximum Gasteiger partial charge on any atom is 0.407 e. The van der Waals surface area contributed by atoms with Crippen LogP contribution in [-0.2, 0) is 56.7 Å². The van der Waals surface area contributed by atoms with Crippen molar-refractivity contribution >= 4 is 99.0 Å². The average Bonchev–Trinajstić information content (AvgIpc) is 1.64. The van der Waals surface area contributed by atoms with Crippen molar-refractivity contribution < 1.29 is 62.2 Å². The van der Waals surface area contributed by atoms with Gasteiger partial charge in [-0.05, 0) is 107 Å². The Morgan fingerprint density at radius 3 is 1.69 bits per heavy atom. The predicted octanol–water partition coefficient (Wildman–Crippen LogP) is 2.58. The van der Waals surface area contributed by atoms with Crippen LogP contribution in [0.3, 0.4) is 0 Å². The minimum Gasteiger partial charge on any atom is -0.494 e. The van der Waals surface area contributed by atoms with Gasteiger partial charge < -0.3 is 78.2 Å².